The second-order valence-corrected chi connectivity index (χ2v) is 5.87. The van der Waals surface area contributed by atoms with Crippen LogP contribution in [0.1, 0.15) is 19.4 Å². The normalized spacial score (nSPS) is 10.8. The molecule has 7 nitrogen and oxygen atoms in total. The lowest BCUT2D eigenvalue weighted by Crippen LogP contribution is -2.43. The van der Waals surface area contributed by atoms with E-state index in [1.54, 1.807) is 24.1 Å². The Morgan fingerprint density at radius 2 is 1.89 bits per heavy atom. The minimum atomic E-state index is -2.95. The zero-order valence-corrected chi connectivity index (χ0v) is 16.1. The zero-order chi connectivity index (χ0) is 20.4. The van der Waals surface area contributed by atoms with Crippen molar-refractivity contribution in [2.45, 2.75) is 27.0 Å². The minimum absolute atomic E-state index is 0.0654. The van der Waals surface area contributed by atoms with Gasteiger partial charge in [0.2, 0.25) is 11.8 Å². The first kappa shape index (κ1) is 22.6. The molecule has 0 saturated heterocycles. The van der Waals surface area contributed by atoms with Crippen molar-refractivity contribution in [3.63, 3.8) is 0 Å². The predicted octanol–water partition coefficient (Wildman–Crippen LogP) is 1.71. The van der Waals surface area contributed by atoms with E-state index in [0.29, 0.717) is 18.7 Å². The number of rotatable bonds is 11. The van der Waals surface area contributed by atoms with Gasteiger partial charge in [-0.2, -0.15) is 8.78 Å². The van der Waals surface area contributed by atoms with Gasteiger partial charge in [0.25, 0.3) is 0 Å². The molecule has 27 heavy (non-hydrogen) atoms. The van der Waals surface area contributed by atoms with Crippen molar-refractivity contribution in [1.82, 2.24) is 15.1 Å². The van der Waals surface area contributed by atoms with E-state index in [1.165, 1.54) is 18.1 Å². The fraction of sp³-hybridized carbons (Fsp3) is 0.556. The number of amides is 2. The van der Waals surface area contributed by atoms with Gasteiger partial charge >= 0.3 is 6.61 Å². The molecule has 0 heterocycles. The predicted molar refractivity (Wildman–Crippen MR) is 96.9 cm³/mol. The highest BCUT2D eigenvalue weighted by Crippen LogP contribution is 2.29. The van der Waals surface area contributed by atoms with Crippen LogP contribution in [0.3, 0.4) is 0 Å². The van der Waals surface area contributed by atoms with Crippen LogP contribution in [0.4, 0.5) is 8.78 Å². The second kappa shape index (κ2) is 11.3. The lowest BCUT2D eigenvalue weighted by atomic mass is 10.2. The van der Waals surface area contributed by atoms with Crippen LogP contribution in [-0.2, 0) is 16.1 Å². The molecule has 0 aliphatic carbocycles. The number of benzene rings is 1. The fourth-order valence-electron chi connectivity index (χ4n) is 2.41. The summed E-state index contributed by atoms with van der Waals surface area (Å²) in [5.41, 5.74) is 0.705. The molecule has 9 heteroatoms. The summed E-state index contributed by atoms with van der Waals surface area (Å²) < 4.78 is 34.2. The summed E-state index contributed by atoms with van der Waals surface area (Å²) in [6, 6.07) is 4.52. The number of carbonyl (C=O) groups excluding carboxylic acids is 2. The van der Waals surface area contributed by atoms with Gasteiger partial charge < -0.3 is 19.7 Å². The summed E-state index contributed by atoms with van der Waals surface area (Å²) in [6.07, 6.45) is 0. The van der Waals surface area contributed by atoms with Gasteiger partial charge in [0.15, 0.2) is 11.5 Å². The molecule has 0 unspecified atom stereocenters. The topological polar surface area (TPSA) is 71.1 Å². The first-order chi connectivity index (χ1) is 12.8. The first-order valence-corrected chi connectivity index (χ1v) is 8.65. The Hall–Kier alpha value is -2.42. The van der Waals surface area contributed by atoms with Crippen LogP contribution in [0.2, 0.25) is 0 Å². The number of ether oxygens (including phenoxy) is 2. The van der Waals surface area contributed by atoms with Crippen LogP contribution in [0, 0.1) is 0 Å². The molecule has 2 amide bonds. The van der Waals surface area contributed by atoms with Gasteiger partial charge in [-0.05, 0) is 31.2 Å². The minimum Gasteiger partial charge on any atom is -0.493 e. The van der Waals surface area contributed by atoms with Gasteiger partial charge in [-0.3, -0.25) is 14.5 Å². The Balaban J connectivity index is 2.69. The van der Waals surface area contributed by atoms with Crippen LogP contribution in [-0.4, -0.2) is 68.6 Å². The van der Waals surface area contributed by atoms with E-state index >= 15 is 0 Å². The van der Waals surface area contributed by atoms with E-state index in [-0.39, 0.29) is 42.9 Å². The third kappa shape index (κ3) is 7.78. The Labute approximate surface area is 158 Å². The van der Waals surface area contributed by atoms with Crippen molar-refractivity contribution in [3.05, 3.63) is 23.8 Å². The molecule has 0 bridgehead atoms. The van der Waals surface area contributed by atoms with Crippen LogP contribution in [0.15, 0.2) is 18.2 Å². The molecule has 0 aliphatic rings. The number of methoxy groups -OCH3 is 1. The third-order valence-electron chi connectivity index (χ3n) is 3.84. The molecular formula is C18H27F2N3O4. The Kier molecular flexibility index (Phi) is 9.49. The van der Waals surface area contributed by atoms with E-state index in [1.807, 2.05) is 13.8 Å². The summed E-state index contributed by atoms with van der Waals surface area (Å²) in [5.74, 6) is -0.188. The number of nitrogens with one attached hydrogen (secondary N) is 1. The maximum atomic E-state index is 12.4. The van der Waals surface area contributed by atoms with Crippen LogP contribution in [0.25, 0.3) is 0 Å². The number of hydrogen-bond donors (Lipinski definition) is 1. The summed E-state index contributed by atoms with van der Waals surface area (Å²) in [5, 5.41) is 2.70. The van der Waals surface area contributed by atoms with Crippen molar-refractivity contribution in [3.8, 4) is 11.5 Å². The molecule has 1 rings (SSSR count). The van der Waals surface area contributed by atoms with Gasteiger partial charge in [0.1, 0.15) is 0 Å². The highest BCUT2D eigenvalue weighted by molar-refractivity contribution is 5.81. The molecular weight excluding hydrogens is 360 g/mol. The van der Waals surface area contributed by atoms with Crippen molar-refractivity contribution in [2.24, 2.45) is 0 Å². The van der Waals surface area contributed by atoms with Gasteiger partial charge in [-0.25, -0.2) is 0 Å². The molecule has 1 aromatic rings. The molecule has 152 valence electrons. The van der Waals surface area contributed by atoms with Crippen molar-refractivity contribution >= 4 is 11.8 Å². The van der Waals surface area contributed by atoms with E-state index in [0.717, 1.165) is 0 Å². The highest BCUT2D eigenvalue weighted by atomic mass is 19.3. The van der Waals surface area contributed by atoms with E-state index in [4.69, 9.17) is 4.74 Å². The molecule has 1 aromatic carbocycles. The lowest BCUT2D eigenvalue weighted by Gasteiger charge is -2.24. The quantitative estimate of drug-likeness (QED) is 0.626. The molecule has 0 saturated carbocycles. The summed E-state index contributed by atoms with van der Waals surface area (Å²) >= 11 is 0. The average Bonchev–Trinajstić information content (AvgIpc) is 2.61. The summed E-state index contributed by atoms with van der Waals surface area (Å²) in [7, 11) is 2.99. The Bertz CT molecular complexity index is 629. The van der Waals surface area contributed by atoms with Gasteiger partial charge in [0, 0.05) is 20.1 Å². The monoisotopic (exact) mass is 387 g/mol. The molecule has 0 aromatic heterocycles. The number of hydrogen-bond acceptors (Lipinski definition) is 5. The average molecular weight is 387 g/mol. The summed E-state index contributed by atoms with van der Waals surface area (Å²) in [4.78, 5) is 27.3. The number of likely N-dealkylation sites (N-methyl/N-ethyl adjacent to an activating group) is 3. The molecule has 0 radical (unpaired) electrons. The maximum absolute atomic E-state index is 12.4. The maximum Gasteiger partial charge on any atom is 0.387 e. The Morgan fingerprint density at radius 3 is 2.44 bits per heavy atom. The van der Waals surface area contributed by atoms with E-state index in [2.05, 4.69) is 10.1 Å². The molecule has 0 spiro atoms. The standard InChI is InChI=1S/C18H27F2N3O4/c1-5-21-16(24)11-23(6-2)12-17(25)22(3)10-13-7-8-14(27-18(19)20)15(9-13)26-4/h7-9,18H,5-6,10-12H2,1-4H3,(H,21,24). The van der Waals surface area contributed by atoms with Gasteiger partial charge in [0.05, 0.1) is 20.2 Å². The molecule has 0 atom stereocenters. The fourth-order valence-corrected chi connectivity index (χ4v) is 2.41. The molecule has 1 N–H and O–H groups in total. The number of nitrogens with zero attached hydrogens (tertiary/aromatic N) is 2. The number of alkyl halides is 2. The molecule has 0 fully saturated rings. The molecule has 0 aliphatic heterocycles. The summed E-state index contributed by atoms with van der Waals surface area (Å²) in [6.45, 7) is 2.38. The van der Waals surface area contributed by atoms with Crippen LogP contribution < -0.4 is 14.8 Å². The van der Waals surface area contributed by atoms with Crippen molar-refractivity contribution < 1.29 is 27.8 Å². The van der Waals surface area contributed by atoms with E-state index in [9.17, 15) is 18.4 Å². The van der Waals surface area contributed by atoms with Crippen LogP contribution in [0.5, 0.6) is 11.5 Å². The van der Waals surface area contributed by atoms with Gasteiger partial charge in [-0.15, -0.1) is 0 Å². The third-order valence-corrected chi connectivity index (χ3v) is 3.84. The number of halogens is 2. The Morgan fingerprint density at radius 1 is 1.19 bits per heavy atom. The SMILES string of the molecule is CCNC(=O)CN(CC)CC(=O)N(C)Cc1ccc(OC(F)F)c(OC)c1. The highest BCUT2D eigenvalue weighted by Gasteiger charge is 2.17. The lowest BCUT2D eigenvalue weighted by molar-refractivity contribution is -0.132. The smallest absolute Gasteiger partial charge is 0.387 e. The van der Waals surface area contributed by atoms with Crippen molar-refractivity contribution in [1.29, 1.82) is 0 Å². The first-order valence-electron chi connectivity index (χ1n) is 8.65. The second-order valence-electron chi connectivity index (χ2n) is 5.87. The number of carbonyl (C=O) groups is 2. The van der Waals surface area contributed by atoms with Gasteiger partial charge in [-0.1, -0.05) is 13.0 Å². The zero-order valence-electron chi connectivity index (χ0n) is 16.1. The van der Waals surface area contributed by atoms with Crippen molar-refractivity contribution in [2.75, 3.05) is 40.3 Å². The largest absolute Gasteiger partial charge is 0.493 e. The van der Waals surface area contributed by atoms with Crippen LogP contribution >= 0.6 is 0 Å². The van der Waals surface area contributed by atoms with E-state index < -0.39 is 6.61 Å².